The molecule has 2 aromatic carbocycles. The highest BCUT2D eigenvalue weighted by Crippen LogP contribution is 2.34. The first-order chi connectivity index (χ1) is 15.9. The summed E-state index contributed by atoms with van der Waals surface area (Å²) in [6.45, 7) is -1.72. The Morgan fingerprint density at radius 1 is 1.24 bits per heavy atom. The van der Waals surface area contributed by atoms with Crippen LogP contribution in [-0.2, 0) is 10.0 Å². The van der Waals surface area contributed by atoms with Crippen molar-refractivity contribution in [3.8, 4) is 5.75 Å². The van der Waals surface area contributed by atoms with Crippen molar-refractivity contribution in [3.63, 3.8) is 0 Å². The van der Waals surface area contributed by atoms with E-state index in [0.29, 0.717) is 12.1 Å². The van der Waals surface area contributed by atoms with Gasteiger partial charge in [-0.15, -0.1) is 15.6 Å². The van der Waals surface area contributed by atoms with E-state index in [1.54, 1.807) is 0 Å². The molecule has 1 unspecified atom stereocenters. The van der Waals surface area contributed by atoms with E-state index in [4.69, 9.17) is 11.6 Å². The van der Waals surface area contributed by atoms with E-state index in [1.165, 1.54) is 12.4 Å². The van der Waals surface area contributed by atoms with Crippen molar-refractivity contribution in [2.24, 2.45) is 0 Å². The number of alkyl halides is 2. The number of anilines is 2. The highest BCUT2D eigenvalue weighted by Gasteiger charge is 2.35. The number of nitrogens with zero attached hydrogens (tertiary/aromatic N) is 2. The van der Waals surface area contributed by atoms with Crippen LogP contribution in [0.3, 0.4) is 0 Å². The summed E-state index contributed by atoms with van der Waals surface area (Å²) in [4.78, 5) is 14.2. The lowest BCUT2D eigenvalue weighted by atomic mass is 10.1. The molecule has 1 aromatic heterocycles. The summed E-state index contributed by atoms with van der Waals surface area (Å²) in [5.41, 5.74) is 0.909. The Hall–Kier alpha value is -3.10. The van der Waals surface area contributed by atoms with Gasteiger partial charge in [0.15, 0.2) is 5.82 Å². The van der Waals surface area contributed by atoms with Crippen molar-refractivity contribution < 1.29 is 40.6 Å². The zero-order chi connectivity index (χ0) is 25.2. The molecule has 15 heteroatoms. The average Bonchev–Trinajstić information content (AvgIpc) is 3.24. The number of rotatable bonds is 8. The number of thiazole rings is 1. The fourth-order valence-corrected chi connectivity index (χ4v) is 5.09. The zero-order valence-electron chi connectivity index (χ0n) is 16.9. The number of ether oxygens (including phenoxy) is 1. The number of halogens is 5. The Labute approximate surface area is 199 Å². The van der Waals surface area contributed by atoms with Crippen molar-refractivity contribution in [2.75, 3.05) is 9.62 Å². The van der Waals surface area contributed by atoms with Crippen LogP contribution in [0.15, 0.2) is 46.1 Å². The summed E-state index contributed by atoms with van der Waals surface area (Å²) < 4.78 is 83.8. The topological polar surface area (TPSA) is 109 Å². The molecule has 0 saturated heterocycles. The predicted molar refractivity (Wildman–Crippen MR) is 116 cm³/mol. The van der Waals surface area contributed by atoms with Crippen LogP contribution in [0, 0.1) is 11.6 Å². The summed E-state index contributed by atoms with van der Waals surface area (Å²) >= 11 is 7.02. The Kier molecular flexibility index (Phi) is 7.53. The number of nitrogens with one attached hydrogen (secondary N) is 1. The second-order valence-electron chi connectivity index (χ2n) is 6.59. The normalized spacial score (nSPS) is 12.4. The molecule has 3 rings (SSSR count). The fourth-order valence-electron chi connectivity index (χ4n) is 2.91. The minimum atomic E-state index is -4.95. The molecular formula is C19H14ClF4N3O5S2. The summed E-state index contributed by atoms with van der Waals surface area (Å²) in [5.74, 6) is -2.90. The van der Waals surface area contributed by atoms with Crippen molar-refractivity contribution in [3.05, 3.63) is 63.4 Å². The molecule has 0 aliphatic rings. The quantitative estimate of drug-likeness (QED) is 0.352. The van der Waals surface area contributed by atoms with Gasteiger partial charge >= 0.3 is 12.7 Å². The minimum Gasteiger partial charge on any atom is -0.464 e. The van der Waals surface area contributed by atoms with E-state index in [9.17, 15) is 35.9 Å². The summed E-state index contributed by atoms with van der Waals surface area (Å²) in [6.07, 6.45) is -1.92. The number of sulfonamides is 1. The number of carbonyl (C=O) groups is 1. The maximum atomic E-state index is 14.8. The molecule has 0 fully saturated rings. The summed E-state index contributed by atoms with van der Waals surface area (Å²) in [7, 11) is -4.95. The Morgan fingerprint density at radius 3 is 2.53 bits per heavy atom. The first-order valence-corrected chi connectivity index (χ1v) is 11.8. The molecule has 0 radical (unpaired) electrons. The third-order valence-corrected chi connectivity index (χ3v) is 6.95. The maximum absolute atomic E-state index is 14.8. The number of hydrogen-bond acceptors (Lipinski definition) is 7. The van der Waals surface area contributed by atoms with Gasteiger partial charge < -0.3 is 15.2 Å². The van der Waals surface area contributed by atoms with E-state index >= 15 is 0 Å². The second-order valence-corrected chi connectivity index (χ2v) is 9.47. The van der Waals surface area contributed by atoms with E-state index in [2.05, 4.69) is 15.0 Å². The van der Waals surface area contributed by atoms with Crippen molar-refractivity contribution in [1.82, 2.24) is 4.98 Å². The maximum Gasteiger partial charge on any atom is 0.427 e. The molecule has 0 aliphatic heterocycles. The number of aromatic nitrogens is 1. The number of carboxylic acid groups (broad SMARTS) is 1. The predicted octanol–water partition coefficient (Wildman–Crippen LogP) is 5.72. The van der Waals surface area contributed by atoms with Gasteiger partial charge in [0.25, 0.3) is 10.0 Å². The zero-order valence-corrected chi connectivity index (χ0v) is 19.3. The molecule has 1 atom stereocenters. The number of amides is 1. The van der Waals surface area contributed by atoms with Crippen molar-refractivity contribution in [1.29, 1.82) is 0 Å². The third kappa shape index (κ3) is 5.34. The molecule has 0 spiro atoms. The molecule has 8 nitrogen and oxygen atoms in total. The molecule has 1 amide bonds. The lowest BCUT2D eigenvalue weighted by Gasteiger charge is -2.20. The van der Waals surface area contributed by atoms with Crippen molar-refractivity contribution >= 4 is 50.6 Å². The first-order valence-electron chi connectivity index (χ1n) is 9.08. The molecule has 0 aliphatic carbocycles. The third-order valence-electron chi connectivity index (χ3n) is 4.37. The van der Waals surface area contributed by atoms with Gasteiger partial charge in [-0.2, -0.15) is 8.78 Å². The van der Waals surface area contributed by atoms with E-state index in [-0.39, 0.29) is 26.3 Å². The fraction of sp³-hybridized carbons (Fsp3) is 0.158. The Balaban J connectivity index is 1.94. The van der Waals surface area contributed by atoms with Crippen LogP contribution in [0.1, 0.15) is 18.5 Å². The van der Waals surface area contributed by atoms with E-state index in [0.717, 1.165) is 34.9 Å². The van der Waals surface area contributed by atoms with E-state index in [1.807, 2.05) is 0 Å². The van der Waals surface area contributed by atoms with Gasteiger partial charge in [-0.25, -0.2) is 27.0 Å². The summed E-state index contributed by atoms with van der Waals surface area (Å²) in [6, 6.07) is 3.34. The molecule has 2 N–H and O–H groups in total. The smallest absolute Gasteiger partial charge is 0.427 e. The number of benzene rings is 2. The van der Waals surface area contributed by atoms with Crippen LogP contribution in [0.25, 0.3) is 0 Å². The molecule has 3 aromatic rings. The molecular weight excluding hydrogens is 526 g/mol. The molecule has 1 heterocycles. The van der Waals surface area contributed by atoms with Gasteiger partial charge in [-0.05, 0) is 37.3 Å². The van der Waals surface area contributed by atoms with Gasteiger partial charge in [0.05, 0.1) is 22.3 Å². The monoisotopic (exact) mass is 539 g/mol. The Morgan fingerprint density at radius 2 is 1.94 bits per heavy atom. The Bertz CT molecular complexity index is 1310. The second kappa shape index (κ2) is 10.0. The van der Waals surface area contributed by atoms with Crippen LogP contribution in [0.4, 0.5) is 33.9 Å². The minimum absolute atomic E-state index is 0.0994. The van der Waals surface area contributed by atoms with Crippen LogP contribution in [0.2, 0.25) is 5.02 Å². The average molecular weight is 540 g/mol. The largest absolute Gasteiger partial charge is 0.464 e. The molecule has 0 saturated carbocycles. The van der Waals surface area contributed by atoms with Crippen LogP contribution < -0.4 is 14.4 Å². The highest BCUT2D eigenvalue weighted by molar-refractivity contribution is 7.93. The van der Waals surface area contributed by atoms with Gasteiger partial charge in [0, 0.05) is 10.9 Å². The molecule has 182 valence electrons. The van der Waals surface area contributed by atoms with Crippen LogP contribution in [-0.4, -0.2) is 31.2 Å². The lowest BCUT2D eigenvalue weighted by molar-refractivity contribution is -0.0499. The van der Waals surface area contributed by atoms with Gasteiger partial charge in [0.2, 0.25) is 0 Å². The van der Waals surface area contributed by atoms with Gasteiger partial charge in [0.1, 0.15) is 22.3 Å². The van der Waals surface area contributed by atoms with E-state index < -0.39 is 51.1 Å². The highest BCUT2D eigenvalue weighted by atomic mass is 35.5. The van der Waals surface area contributed by atoms with Crippen molar-refractivity contribution in [2.45, 2.75) is 24.5 Å². The van der Waals surface area contributed by atoms with Gasteiger partial charge in [-0.1, -0.05) is 11.6 Å². The lowest BCUT2D eigenvalue weighted by Crippen LogP contribution is -2.36. The molecule has 0 bridgehead atoms. The standard InChI is InChI=1S/C19H14ClF4N3O5S2/c1-9(11-4-10(32-18(23)24)2-3-13(11)21)26-15-6-14(22)16(5-12(15)20)34(30,31)27(19(28)29)17-7-33-8-25-17/h2-9,18,26H,1H3,(H,28,29). The molecule has 34 heavy (non-hydrogen) atoms. The van der Waals surface area contributed by atoms with Crippen LogP contribution >= 0.6 is 22.9 Å². The number of hydrogen-bond donors (Lipinski definition) is 2. The first kappa shape index (κ1) is 25.5. The summed E-state index contributed by atoms with van der Waals surface area (Å²) in [5, 5.41) is 12.8. The van der Waals surface area contributed by atoms with Gasteiger partial charge in [-0.3, -0.25) is 0 Å². The van der Waals surface area contributed by atoms with Crippen LogP contribution in [0.5, 0.6) is 5.75 Å². The SMILES string of the molecule is CC(Nc1cc(F)c(S(=O)(=O)N(C(=O)O)c2cscn2)cc1Cl)c1cc(OC(F)F)ccc1F.